The van der Waals surface area contributed by atoms with Crippen LogP contribution in [-0.4, -0.2) is 6.04 Å². The zero-order chi connectivity index (χ0) is 14.0. The lowest BCUT2D eigenvalue weighted by Gasteiger charge is -2.08. The zero-order valence-electron chi connectivity index (χ0n) is 10.6. The number of furan rings is 1. The molecule has 0 aliphatic heterocycles. The van der Waals surface area contributed by atoms with Crippen molar-refractivity contribution in [2.45, 2.75) is 26.4 Å². The van der Waals surface area contributed by atoms with Gasteiger partial charge in [-0.15, -0.1) is 0 Å². The predicted molar refractivity (Wildman–Crippen MR) is 66.0 cm³/mol. The predicted octanol–water partition coefficient (Wildman–Crippen LogP) is 3.86. The third-order valence-corrected chi connectivity index (χ3v) is 2.72. The van der Waals surface area contributed by atoms with Crippen molar-refractivity contribution < 1.29 is 17.6 Å². The minimum Gasteiger partial charge on any atom is -0.467 e. The molecule has 0 aliphatic rings. The summed E-state index contributed by atoms with van der Waals surface area (Å²) in [7, 11) is 0. The molecule has 0 spiro atoms. The lowest BCUT2D eigenvalue weighted by atomic mass is 10.1. The Kier molecular flexibility index (Phi) is 3.95. The van der Waals surface area contributed by atoms with Crippen LogP contribution in [0.15, 0.2) is 28.9 Å². The monoisotopic (exact) mass is 269 g/mol. The molecule has 0 saturated carbocycles. The van der Waals surface area contributed by atoms with Gasteiger partial charge in [-0.25, -0.2) is 13.2 Å². The van der Waals surface area contributed by atoms with Gasteiger partial charge in [-0.05, 0) is 12.1 Å². The van der Waals surface area contributed by atoms with E-state index in [0.29, 0.717) is 23.9 Å². The van der Waals surface area contributed by atoms with Crippen LogP contribution in [0.5, 0.6) is 0 Å². The van der Waals surface area contributed by atoms with Crippen molar-refractivity contribution in [3.8, 4) is 11.1 Å². The second-order valence-electron chi connectivity index (χ2n) is 4.54. The minimum atomic E-state index is -1.20. The normalized spacial score (nSPS) is 11.3. The molecule has 0 bridgehead atoms. The van der Waals surface area contributed by atoms with Gasteiger partial charge in [0.25, 0.3) is 0 Å². The molecule has 0 radical (unpaired) electrons. The van der Waals surface area contributed by atoms with Gasteiger partial charge in [-0.2, -0.15) is 0 Å². The van der Waals surface area contributed by atoms with Crippen molar-refractivity contribution in [1.29, 1.82) is 0 Å². The van der Waals surface area contributed by atoms with E-state index in [9.17, 15) is 13.2 Å². The van der Waals surface area contributed by atoms with Crippen LogP contribution >= 0.6 is 0 Å². The first-order valence-corrected chi connectivity index (χ1v) is 5.93. The van der Waals surface area contributed by atoms with Gasteiger partial charge in [0.2, 0.25) is 0 Å². The fraction of sp³-hybridized carbons (Fsp3) is 0.286. The molecule has 2 nitrogen and oxygen atoms in total. The van der Waals surface area contributed by atoms with Crippen molar-refractivity contribution >= 4 is 0 Å². The first-order valence-electron chi connectivity index (χ1n) is 5.93. The van der Waals surface area contributed by atoms with Crippen LogP contribution in [0.2, 0.25) is 0 Å². The van der Waals surface area contributed by atoms with Gasteiger partial charge in [0.1, 0.15) is 11.6 Å². The molecule has 1 aromatic carbocycles. The average molecular weight is 269 g/mol. The second-order valence-corrected chi connectivity index (χ2v) is 4.54. The third kappa shape index (κ3) is 2.98. The van der Waals surface area contributed by atoms with Crippen molar-refractivity contribution in [2.75, 3.05) is 0 Å². The maximum atomic E-state index is 13.7. The van der Waals surface area contributed by atoms with Gasteiger partial charge in [0.05, 0.1) is 12.8 Å². The summed E-state index contributed by atoms with van der Waals surface area (Å²) >= 11 is 0. The van der Waals surface area contributed by atoms with Crippen LogP contribution in [0.1, 0.15) is 19.6 Å². The summed E-state index contributed by atoms with van der Waals surface area (Å²) in [6.07, 6.45) is 1.40. The van der Waals surface area contributed by atoms with Crippen molar-refractivity contribution in [3.05, 3.63) is 47.7 Å². The summed E-state index contributed by atoms with van der Waals surface area (Å²) in [6.45, 7) is 4.31. The van der Waals surface area contributed by atoms with Crippen molar-refractivity contribution in [3.63, 3.8) is 0 Å². The Labute approximate surface area is 109 Å². The molecule has 1 N–H and O–H groups in total. The molecule has 0 aliphatic carbocycles. The van der Waals surface area contributed by atoms with E-state index < -0.39 is 17.5 Å². The van der Waals surface area contributed by atoms with Crippen molar-refractivity contribution in [2.24, 2.45) is 0 Å². The van der Waals surface area contributed by atoms with E-state index in [1.54, 1.807) is 0 Å². The highest BCUT2D eigenvalue weighted by atomic mass is 19.2. The fourth-order valence-electron chi connectivity index (χ4n) is 1.74. The SMILES string of the molecule is CC(C)NCc1occc1-c1cc(F)c(F)cc1F. The van der Waals surface area contributed by atoms with Gasteiger partial charge in [0.15, 0.2) is 11.6 Å². The molecular formula is C14H14F3NO. The first kappa shape index (κ1) is 13.7. The first-order chi connectivity index (χ1) is 8.99. The molecule has 0 amide bonds. The lowest BCUT2D eigenvalue weighted by Crippen LogP contribution is -2.21. The number of nitrogens with one attached hydrogen (secondary N) is 1. The Bertz CT molecular complexity index is 578. The third-order valence-electron chi connectivity index (χ3n) is 2.72. The van der Waals surface area contributed by atoms with Gasteiger partial charge >= 0.3 is 0 Å². The Morgan fingerprint density at radius 3 is 2.42 bits per heavy atom. The van der Waals surface area contributed by atoms with Gasteiger partial charge in [-0.3, -0.25) is 0 Å². The highest BCUT2D eigenvalue weighted by Crippen LogP contribution is 2.29. The van der Waals surface area contributed by atoms with Crippen LogP contribution in [-0.2, 0) is 6.54 Å². The Morgan fingerprint density at radius 1 is 1.05 bits per heavy atom. The molecule has 0 saturated heterocycles. The molecule has 2 rings (SSSR count). The van der Waals surface area contributed by atoms with Crippen LogP contribution in [0, 0.1) is 17.5 Å². The molecular weight excluding hydrogens is 255 g/mol. The molecule has 0 fully saturated rings. The van der Waals surface area contributed by atoms with Crippen LogP contribution in [0.25, 0.3) is 11.1 Å². The minimum absolute atomic E-state index is 0.00629. The van der Waals surface area contributed by atoms with E-state index >= 15 is 0 Å². The molecule has 1 aromatic heterocycles. The molecule has 102 valence electrons. The molecule has 0 unspecified atom stereocenters. The molecule has 5 heteroatoms. The fourth-order valence-corrected chi connectivity index (χ4v) is 1.74. The summed E-state index contributed by atoms with van der Waals surface area (Å²) in [5.41, 5.74) is 0.415. The zero-order valence-corrected chi connectivity index (χ0v) is 10.6. The lowest BCUT2D eigenvalue weighted by molar-refractivity contribution is 0.465. The molecule has 1 heterocycles. The highest BCUT2D eigenvalue weighted by molar-refractivity contribution is 5.66. The van der Waals surface area contributed by atoms with E-state index in [4.69, 9.17) is 4.42 Å². The van der Waals surface area contributed by atoms with Gasteiger partial charge in [-0.1, -0.05) is 13.8 Å². The van der Waals surface area contributed by atoms with Gasteiger partial charge < -0.3 is 9.73 Å². The topological polar surface area (TPSA) is 25.2 Å². The summed E-state index contributed by atoms with van der Waals surface area (Å²) in [5.74, 6) is -2.61. The van der Waals surface area contributed by atoms with E-state index in [0.717, 1.165) is 6.07 Å². The van der Waals surface area contributed by atoms with E-state index in [1.807, 2.05) is 13.8 Å². The van der Waals surface area contributed by atoms with E-state index in [1.165, 1.54) is 12.3 Å². The Morgan fingerprint density at radius 2 is 1.74 bits per heavy atom. The number of hydrogen-bond acceptors (Lipinski definition) is 2. The second kappa shape index (κ2) is 5.48. The van der Waals surface area contributed by atoms with Crippen LogP contribution in [0.3, 0.4) is 0 Å². The largest absolute Gasteiger partial charge is 0.467 e. The quantitative estimate of drug-likeness (QED) is 0.852. The Balaban J connectivity index is 2.37. The standard InChI is InChI=1S/C14H14F3NO/c1-8(2)18-7-14-9(3-4-19-14)10-5-12(16)13(17)6-11(10)15/h3-6,8,18H,7H2,1-2H3. The summed E-state index contributed by atoms with van der Waals surface area (Å²) in [4.78, 5) is 0. The highest BCUT2D eigenvalue weighted by Gasteiger charge is 2.16. The van der Waals surface area contributed by atoms with Crippen LogP contribution < -0.4 is 5.32 Å². The molecule has 0 atom stereocenters. The molecule has 2 aromatic rings. The summed E-state index contributed by atoms with van der Waals surface area (Å²) in [5, 5.41) is 3.12. The smallest absolute Gasteiger partial charge is 0.161 e. The van der Waals surface area contributed by atoms with E-state index in [2.05, 4.69) is 5.32 Å². The van der Waals surface area contributed by atoms with Gasteiger partial charge in [0, 0.05) is 23.2 Å². The van der Waals surface area contributed by atoms with E-state index in [-0.39, 0.29) is 11.6 Å². The number of benzene rings is 1. The number of halogens is 3. The number of hydrogen-bond donors (Lipinski definition) is 1. The average Bonchev–Trinajstić information content (AvgIpc) is 2.79. The number of rotatable bonds is 4. The maximum absolute atomic E-state index is 13.7. The maximum Gasteiger partial charge on any atom is 0.161 e. The van der Waals surface area contributed by atoms with Crippen molar-refractivity contribution in [1.82, 2.24) is 5.32 Å². The van der Waals surface area contributed by atoms with Crippen LogP contribution in [0.4, 0.5) is 13.2 Å². The Hall–Kier alpha value is -1.75. The summed E-state index contributed by atoms with van der Waals surface area (Å²) in [6, 6.07) is 3.14. The molecule has 19 heavy (non-hydrogen) atoms. The summed E-state index contributed by atoms with van der Waals surface area (Å²) < 4.78 is 45.1.